The molecule has 0 saturated carbocycles. The first-order valence-corrected chi connectivity index (χ1v) is 3.79. The van der Waals surface area contributed by atoms with Gasteiger partial charge in [-0.3, -0.25) is 14.4 Å². The largest absolute Gasteiger partial charge is 0.384 e. The van der Waals surface area contributed by atoms with Crippen molar-refractivity contribution in [3.63, 3.8) is 0 Å². The van der Waals surface area contributed by atoms with Crippen LogP contribution < -0.4 is 27.6 Å². The molecule has 0 aromatic rings. The predicted octanol–water partition coefficient (Wildman–Crippen LogP) is -3.20. The molecule has 1 aliphatic heterocycles. The van der Waals surface area contributed by atoms with Crippen molar-refractivity contribution < 1.29 is 14.4 Å². The van der Waals surface area contributed by atoms with E-state index in [2.05, 4.69) is 21.0 Å². The SMILES string of the molecule is NC(=O)CNC1=C(N)NCONC1=O. The molecule has 8 heteroatoms. The Balaban J connectivity index is 2.68. The molecule has 0 spiro atoms. The molecular formula is C6H11N5O3. The Labute approximate surface area is 79.6 Å². The minimum absolute atomic E-state index is 0.0290. The summed E-state index contributed by atoms with van der Waals surface area (Å²) in [6.45, 7) is -0.121. The van der Waals surface area contributed by atoms with E-state index in [4.69, 9.17) is 11.5 Å². The molecule has 0 radical (unpaired) electrons. The van der Waals surface area contributed by atoms with Crippen molar-refractivity contribution in [2.75, 3.05) is 13.3 Å². The first-order chi connectivity index (χ1) is 6.61. The molecule has 78 valence electrons. The average molecular weight is 201 g/mol. The molecule has 0 aromatic heterocycles. The fraction of sp³-hybridized carbons (Fsp3) is 0.333. The third-order valence-corrected chi connectivity index (χ3v) is 1.44. The number of nitrogens with two attached hydrogens (primary N) is 2. The van der Waals surface area contributed by atoms with Gasteiger partial charge in [-0.2, -0.15) is 0 Å². The van der Waals surface area contributed by atoms with Crippen molar-refractivity contribution in [1.82, 2.24) is 16.1 Å². The zero-order valence-electron chi connectivity index (χ0n) is 7.29. The van der Waals surface area contributed by atoms with E-state index in [0.717, 1.165) is 0 Å². The Hall–Kier alpha value is -1.96. The Morgan fingerprint density at radius 3 is 3.00 bits per heavy atom. The number of hydrogen-bond donors (Lipinski definition) is 5. The molecule has 2 amide bonds. The van der Waals surface area contributed by atoms with E-state index < -0.39 is 11.8 Å². The maximum atomic E-state index is 11.2. The van der Waals surface area contributed by atoms with Crippen LogP contribution in [0, 0.1) is 0 Å². The van der Waals surface area contributed by atoms with Crippen LogP contribution in [0.4, 0.5) is 0 Å². The van der Waals surface area contributed by atoms with Gasteiger partial charge in [0.15, 0.2) is 0 Å². The first-order valence-electron chi connectivity index (χ1n) is 3.79. The highest BCUT2D eigenvalue weighted by Gasteiger charge is 2.17. The number of hydrogen-bond acceptors (Lipinski definition) is 6. The molecule has 1 aliphatic rings. The molecule has 0 aliphatic carbocycles. The van der Waals surface area contributed by atoms with Gasteiger partial charge in [0.1, 0.15) is 18.2 Å². The molecule has 0 atom stereocenters. The van der Waals surface area contributed by atoms with E-state index in [0.29, 0.717) is 0 Å². The number of amides is 2. The Morgan fingerprint density at radius 1 is 1.64 bits per heavy atom. The van der Waals surface area contributed by atoms with Gasteiger partial charge in [0.25, 0.3) is 5.91 Å². The van der Waals surface area contributed by atoms with E-state index >= 15 is 0 Å². The average Bonchev–Trinajstić information content (AvgIpc) is 2.25. The van der Waals surface area contributed by atoms with Crippen molar-refractivity contribution in [1.29, 1.82) is 0 Å². The van der Waals surface area contributed by atoms with Gasteiger partial charge in [-0.25, -0.2) is 5.48 Å². The van der Waals surface area contributed by atoms with Crippen LogP contribution in [0.15, 0.2) is 11.5 Å². The lowest BCUT2D eigenvalue weighted by Crippen LogP contribution is -2.37. The van der Waals surface area contributed by atoms with Crippen molar-refractivity contribution in [2.24, 2.45) is 11.5 Å². The molecule has 0 fully saturated rings. The van der Waals surface area contributed by atoms with E-state index in [1.165, 1.54) is 0 Å². The third-order valence-electron chi connectivity index (χ3n) is 1.44. The second kappa shape index (κ2) is 4.33. The van der Waals surface area contributed by atoms with Crippen LogP contribution in [0.5, 0.6) is 0 Å². The highest BCUT2D eigenvalue weighted by Crippen LogP contribution is 1.95. The van der Waals surface area contributed by atoms with Gasteiger partial charge in [-0.1, -0.05) is 0 Å². The summed E-state index contributed by atoms with van der Waals surface area (Å²) in [5.41, 5.74) is 12.5. The summed E-state index contributed by atoms with van der Waals surface area (Å²) in [5.74, 6) is -1.06. The fourth-order valence-corrected chi connectivity index (χ4v) is 0.828. The first kappa shape index (κ1) is 10.1. The topological polar surface area (TPSA) is 132 Å². The number of rotatable bonds is 3. The molecule has 1 heterocycles. The summed E-state index contributed by atoms with van der Waals surface area (Å²) >= 11 is 0. The lowest BCUT2D eigenvalue weighted by atomic mass is 10.4. The minimum Gasteiger partial charge on any atom is -0.384 e. The third kappa shape index (κ3) is 2.52. The Bertz CT molecular complexity index is 287. The molecule has 8 nitrogen and oxygen atoms in total. The van der Waals surface area contributed by atoms with E-state index in [-0.39, 0.29) is 24.8 Å². The predicted molar refractivity (Wildman–Crippen MR) is 45.6 cm³/mol. The second-order valence-corrected chi connectivity index (χ2v) is 2.51. The van der Waals surface area contributed by atoms with Gasteiger partial charge >= 0.3 is 0 Å². The van der Waals surface area contributed by atoms with E-state index in [1.54, 1.807) is 0 Å². The molecule has 1 rings (SSSR count). The Morgan fingerprint density at radius 2 is 2.36 bits per heavy atom. The number of primary amides is 1. The lowest BCUT2D eigenvalue weighted by molar-refractivity contribution is -0.129. The molecule has 0 unspecified atom stereocenters. The van der Waals surface area contributed by atoms with Crippen LogP contribution >= 0.6 is 0 Å². The number of nitrogens with one attached hydrogen (secondary N) is 3. The molecule has 0 aromatic carbocycles. The highest BCUT2D eigenvalue weighted by molar-refractivity contribution is 5.93. The van der Waals surface area contributed by atoms with Crippen molar-refractivity contribution in [3.8, 4) is 0 Å². The van der Waals surface area contributed by atoms with E-state index in [1.807, 2.05) is 0 Å². The van der Waals surface area contributed by atoms with Gasteiger partial charge < -0.3 is 22.1 Å². The quantitative estimate of drug-likeness (QED) is 0.326. The summed E-state index contributed by atoms with van der Waals surface area (Å²) in [7, 11) is 0. The van der Waals surface area contributed by atoms with Gasteiger partial charge in [-0.15, -0.1) is 0 Å². The summed E-state index contributed by atoms with van der Waals surface area (Å²) < 4.78 is 0. The standard InChI is InChI=1S/C6H11N5O3/c7-3(12)1-9-4-5(8)10-2-14-11-6(4)13/h9-10H,1-2,8H2,(H2,7,12)(H,11,13). The van der Waals surface area contributed by atoms with Crippen LogP contribution in [0.3, 0.4) is 0 Å². The smallest absolute Gasteiger partial charge is 0.294 e. The minimum atomic E-state index is -0.594. The monoisotopic (exact) mass is 201 g/mol. The van der Waals surface area contributed by atoms with Gasteiger partial charge in [-0.05, 0) is 0 Å². The summed E-state index contributed by atoms with van der Waals surface area (Å²) in [5, 5.41) is 5.07. The summed E-state index contributed by atoms with van der Waals surface area (Å²) in [4.78, 5) is 26.3. The van der Waals surface area contributed by atoms with Crippen LogP contribution in [0.25, 0.3) is 0 Å². The molecule has 7 N–H and O–H groups in total. The summed E-state index contributed by atoms with van der Waals surface area (Å²) in [6.07, 6.45) is 0. The molecule has 0 bridgehead atoms. The van der Waals surface area contributed by atoms with Gasteiger partial charge in [0.05, 0.1) is 6.54 Å². The number of carbonyl (C=O) groups is 2. The maximum Gasteiger partial charge on any atom is 0.294 e. The summed E-state index contributed by atoms with van der Waals surface area (Å²) in [6, 6.07) is 0. The fourth-order valence-electron chi connectivity index (χ4n) is 0.828. The van der Waals surface area contributed by atoms with Crippen LogP contribution in [-0.4, -0.2) is 25.1 Å². The zero-order chi connectivity index (χ0) is 10.6. The van der Waals surface area contributed by atoms with E-state index in [9.17, 15) is 9.59 Å². The van der Waals surface area contributed by atoms with Crippen LogP contribution in [0.2, 0.25) is 0 Å². The molecule has 0 saturated heterocycles. The molecular weight excluding hydrogens is 190 g/mol. The maximum absolute atomic E-state index is 11.2. The number of hydroxylamine groups is 1. The number of carbonyl (C=O) groups excluding carboxylic acids is 2. The van der Waals surface area contributed by atoms with Crippen LogP contribution in [-0.2, 0) is 14.4 Å². The Kier molecular flexibility index (Phi) is 3.13. The highest BCUT2D eigenvalue weighted by atomic mass is 16.7. The lowest BCUT2D eigenvalue weighted by Gasteiger charge is -2.08. The van der Waals surface area contributed by atoms with Gasteiger partial charge in [0.2, 0.25) is 5.91 Å². The van der Waals surface area contributed by atoms with Gasteiger partial charge in [0, 0.05) is 0 Å². The normalized spacial score (nSPS) is 16.7. The van der Waals surface area contributed by atoms with Crippen molar-refractivity contribution >= 4 is 11.8 Å². The molecule has 14 heavy (non-hydrogen) atoms. The zero-order valence-corrected chi connectivity index (χ0v) is 7.29. The second-order valence-electron chi connectivity index (χ2n) is 2.51. The van der Waals surface area contributed by atoms with Crippen LogP contribution in [0.1, 0.15) is 0 Å². The van der Waals surface area contributed by atoms with Crippen molar-refractivity contribution in [3.05, 3.63) is 11.5 Å². The van der Waals surface area contributed by atoms with Crippen molar-refractivity contribution in [2.45, 2.75) is 0 Å².